The highest BCUT2D eigenvalue weighted by Gasteiger charge is 2.21. The van der Waals surface area contributed by atoms with Crippen LogP contribution < -0.4 is 0 Å². The number of aromatic nitrogens is 3. The lowest BCUT2D eigenvalue weighted by molar-refractivity contribution is 0.0688. The van der Waals surface area contributed by atoms with Gasteiger partial charge in [-0.25, -0.2) is 9.48 Å². The molecule has 0 aliphatic heterocycles. The molecule has 0 saturated heterocycles. The summed E-state index contributed by atoms with van der Waals surface area (Å²) in [5.41, 5.74) is 0.753. The summed E-state index contributed by atoms with van der Waals surface area (Å²) in [7, 11) is 3.92. The zero-order valence-corrected chi connectivity index (χ0v) is 10.1. The minimum absolute atomic E-state index is 0.0637. The van der Waals surface area contributed by atoms with E-state index in [2.05, 4.69) is 10.3 Å². The normalized spacial score (nSPS) is 11.4. The van der Waals surface area contributed by atoms with Gasteiger partial charge in [0.2, 0.25) is 0 Å². The van der Waals surface area contributed by atoms with Gasteiger partial charge in [-0.1, -0.05) is 19.1 Å². The first-order valence-corrected chi connectivity index (χ1v) is 5.25. The van der Waals surface area contributed by atoms with Crippen molar-refractivity contribution in [2.45, 2.75) is 26.3 Å². The van der Waals surface area contributed by atoms with Crippen LogP contribution in [0, 0.1) is 0 Å². The SMILES string of the molecule is CC(C)c1c(C(=O)O)nnn1CCN(C)C. The molecule has 0 unspecified atom stereocenters. The lowest BCUT2D eigenvalue weighted by Crippen LogP contribution is -2.21. The van der Waals surface area contributed by atoms with Gasteiger partial charge in [-0.05, 0) is 20.0 Å². The van der Waals surface area contributed by atoms with Crippen molar-refractivity contribution in [2.75, 3.05) is 20.6 Å². The maximum Gasteiger partial charge on any atom is 0.358 e. The van der Waals surface area contributed by atoms with E-state index in [9.17, 15) is 4.79 Å². The topological polar surface area (TPSA) is 71.2 Å². The molecule has 0 aliphatic carbocycles. The molecule has 6 nitrogen and oxygen atoms in total. The summed E-state index contributed by atoms with van der Waals surface area (Å²) in [5.74, 6) is -0.914. The Bertz CT molecular complexity index is 371. The molecule has 0 amide bonds. The van der Waals surface area contributed by atoms with Crippen molar-refractivity contribution in [1.82, 2.24) is 19.9 Å². The number of carboxylic acids is 1. The van der Waals surface area contributed by atoms with E-state index in [-0.39, 0.29) is 11.6 Å². The van der Waals surface area contributed by atoms with E-state index < -0.39 is 5.97 Å². The van der Waals surface area contributed by atoms with Crippen molar-refractivity contribution in [3.63, 3.8) is 0 Å². The van der Waals surface area contributed by atoms with Crippen LogP contribution in [0.15, 0.2) is 0 Å². The number of rotatable bonds is 5. The van der Waals surface area contributed by atoms with E-state index in [0.717, 1.165) is 6.54 Å². The molecule has 0 saturated carbocycles. The number of carboxylic acid groups (broad SMARTS) is 1. The second-order valence-electron chi connectivity index (χ2n) is 4.31. The molecule has 16 heavy (non-hydrogen) atoms. The number of likely N-dealkylation sites (N-methyl/N-ethyl adjacent to an activating group) is 1. The van der Waals surface area contributed by atoms with Gasteiger partial charge in [0.25, 0.3) is 0 Å². The molecule has 0 aliphatic rings. The fraction of sp³-hybridized carbons (Fsp3) is 0.700. The number of carbonyl (C=O) groups is 1. The molecule has 1 N–H and O–H groups in total. The van der Waals surface area contributed by atoms with Gasteiger partial charge in [0.05, 0.1) is 12.2 Å². The molecule has 0 bridgehead atoms. The van der Waals surface area contributed by atoms with Gasteiger partial charge in [-0.15, -0.1) is 5.10 Å². The first-order chi connectivity index (χ1) is 7.43. The smallest absolute Gasteiger partial charge is 0.358 e. The van der Waals surface area contributed by atoms with Crippen LogP contribution in [0.3, 0.4) is 0 Å². The van der Waals surface area contributed by atoms with Gasteiger partial charge in [-0.3, -0.25) is 0 Å². The van der Waals surface area contributed by atoms with Crippen molar-refractivity contribution in [3.05, 3.63) is 11.4 Å². The fourth-order valence-electron chi connectivity index (χ4n) is 1.50. The standard InChI is InChI=1S/C10H18N4O2/c1-7(2)9-8(10(15)16)11-12-14(9)6-5-13(3)4/h7H,5-6H2,1-4H3,(H,15,16). The van der Waals surface area contributed by atoms with E-state index in [4.69, 9.17) is 5.11 Å². The molecule has 1 aromatic rings. The van der Waals surface area contributed by atoms with Gasteiger partial charge < -0.3 is 10.0 Å². The number of hydrogen-bond acceptors (Lipinski definition) is 4. The average molecular weight is 226 g/mol. The van der Waals surface area contributed by atoms with Crippen molar-refractivity contribution in [3.8, 4) is 0 Å². The summed E-state index contributed by atoms with van der Waals surface area (Å²) >= 11 is 0. The molecule has 1 heterocycles. The third-order valence-electron chi connectivity index (χ3n) is 2.28. The number of hydrogen-bond donors (Lipinski definition) is 1. The summed E-state index contributed by atoms with van der Waals surface area (Å²) in [4.78, 5) is 13.0. The molecule has 0 atom stereocenters. The van der Waals surface area contributed by atoms with Gasteiger partial charge in [-0.2, -0.15) is 0 Å². The summed E-state index contributed by atoms with van der Waals surface area (Å²) in [6, 6.07) is 0. The van der Waals surface area contributed by atoms with Gasteiger partial charge in [0.15, 0.2) is 5.69 Å². The number of aromatic carboxylic acids is 1. The molecule has 0 spiro atoms. The van der Waals surface area contributed by atoms with Crippen molar-refractivity contribution in [1.29, 1.82) is 0 Å². The third-order valence-corrected chi connectivity index (χ3v) is 2.28. The highest BCUT2D eigenvalue weighted by molar-refractivity contribution is 5.86. The molecule has 6 heteroatoms. The largest absolute Gasteiger partial charge is 0.476 e. The molecule has 90 valence electrons. The molecular formula is C10H18N4O2. The Kier molecular flexibility index (Phi) is 4.00. The molecule has 0 fully saturated rings. The Balaban J connectivity index is 2.96. The highest BCUT2D eigenvalue weighted by Crippen LogP contribution is 2.17. The summed E-state index contributed by atoms with van der Waals surface area (Å²) < 4.78 is 1.67. The van der Waals surface area contributed by atoms with Crippen LogP contribution in [-0.4, -0.2) is 51.6 Å². The number of nitrogens with zero attached hydrogens (tertiary/aromatic N) is 4. The van der Waals surface area contributed by atoms with Crippen molar-refractivity contribution in [2.24, 2.45) is 0 Å². The van der Waals surface area contributed by atoms with Crippen LogP contribution in [0.25, 0.3) is 0 Å². The first-order valence-electron chi connectivity index (χ1n) is 5.25. The zero-order valence-electron chi connectivity index (χ0n) is 10.1. The predicted molar refractivity (Wildman–Crippen MR) is 59.6 cm³/mol. The Morgan fingerprint density at radius 2 is 2.12 bits per heavy atom. The molecule has 1 rings (SSSR count). The van der Waals surface area contributed by atoms with Crippen LogP contribution >= 0.6 is 0 Å². The minimum atomic E-state index is -1.01. The van der Waals surface area contributed by atoms with Crippen LogP contribution in [0.4, 0.5) is 0 Å². The van der Waals surface area contributed by atoms with E-state index >= 15 is 0 Å². The summed E-state index contributed by atoms with van der Waals surface area (Å²) in [6.07, 6.45) is 0. The Labute approximate surface area is 94.9 Å². The third kappa shape index (κ3) is 2.79. The molecular weight excluding hydrogens is 208 g/mol. The molecule has 0 radical (unpaired) electrons. The van der Waals surface area contributed by atoms with Crippen LogP contribution in [0.1, 0.15) is 35.9 Å². The van der Waals surface area contributed by atoms with E-state index in [1.54, 1.807) is 4.68 Å². The minimum Gasteiger partial charge on any atom is -0.476 e. The van der Waals surface area contributed by atoms with Crippen LogP contribution in [0.2, 0.25) is 0 Å². The highest BCUT2D eigenvalue weighted by atomic mass is 16.4. The van der Waals surface area contributed by atoms with Crippen molar-refractivity contribution < 1.29 is 9.90 Å². The molecule has 0 aromatic carbocycles. The van der Waals surface area contributed by atoms with E-state index in [1.165, 1.54) is 0 Å². The van der Waals surface area contributed by atoms with Gasteiger partial charge in [0.1, 0.15) is 0 Å². The van der Waals surface area contributed by atoms with Gasteiger partial charge in [0, 0.05) is 6.54 Å². The maximum atomic E-state index is 11.0. The zero-order chi connectivity index (χ0) is 12.3. The lowest BCUT2D eigenvalue weighted by atomic mass is 10.1. The van der Waals surface area contributed by atoms with E-state index in [0.29, 0.717) is 12.2 Å². The average Bonchev–Trinajstić information content (AvgIpc) is 2.57. The van der Waals surface area contributed by atoms with Crippen LogP contribution in [-0.2, 0) is 6.54 Å². The van der Waals surface area contributed by atoms with Crippen LogP contribution in [0.5, 0.6) is 0 Å². The van der Waals surface area contributed by atoms with Gasteiger partial charge >= 0.3 is 5.97 Å². The first kappa shape index (κ1) is 12.6. The summed E-state index contributed by atoms with van der Waals surface area (Å²) in [5, 5.41) is 16.6. The molecule has 1 aromatic heterocycles. The second-order valence-corrected chi connectivity index (χ2v) is 4.31. The van der Waals surface area contributed by atoms with Crippen molar-refractivity contribution >= 4 is 5.97 Å². The van der Waals surface area contributed by atoms with E-state index in [1.807, 2.05) is 32.8 Å². The Morgan fingerprint density at radius 1 is 1.50 bits per heavy atom. The fourth-order valence-corrected chi connectivity index (χ4v) is 1.50. The lowest BCUT2D eigenvalue weighted by Gasteiger charge is -2.12. The summed E-state index contributed by atoms with van der Waals surface area (Å²) in [6.45, 7) is 5.34. The Hall–Kier alpha value is -1.43. The predicted octanol–water partition coefficient (Wildman–Crippen LogP) is 0.661. The maximum absolute atomic E-state index is 11.0. The Morgan fingerprint density at radius 3 is 2.56 bits per heavy atom. The monoisotopic (exact) mass is 226 g/mol. The quantitative estimate of drug-likeness (QED) is 0.798. The second kappa shape index (κ2) is 5.07.